The quantitative estimate of drug-likeness (QED) is 0.287. The fourth-order valence-electron chi connectivity index (χ4n) is 11.6. The van der Waals surface area contributed by atoms with Crippen LogP contribution in [0.1, 0.15) is 124 Å². The standard InChI is InChI=1S/C37H54N2O2.CH3/c1-32(2)16-17-34(5)18-19-36(7)25(26(34)22-32)21-27(40)30-35(6)14-13-29(33(3,4)28(35)12-15-37(30,36)8)38-31(41)24-11-10-20-39(9)23-24;/h10-11,20-21,23,26,28-30H,12-19,22H2,1-9H3;1H3/q;-1/p+1/t26-,28-,29-,30+,34+,35-,36+,37+;/m0./s1. The largest absolute Gasteiger partial charge is 0.358 e. The molecular formula is C38H58N2O2. The van der Waals surface area contributed by atoms with Crippen LogP contribution in [0.25, 0.3) is 0 Å². The Morgan fingerprint density at radius 3 is 2.31 bits per heavy atom. The van der Waals surface area contributed by atoms with Gasteiger partial charge in [-0.1, -0.05) is 61.0 Å². The maximum atomic E-state index is 14.6. The normalized spacial score (nSPS) is 43.4. The van der Waals surface area contributed by atoms with Crippen LogP contribution in [-0.2, 0) is 11.8 Å². The summed E-state index contributed by atoms with van der Waals surface area (Å²) in [5.41, 5.74) is 2.80. The second kappa shape index (κ2) is 9.77. The van der Waals surface area contributed by atoms with Crippen molar-refractivity contribution in [1.82, 2.24) is 5.32 Å². The highest BCUT2D eigenvalue weighted by Crippen LogP contribution is 2.75. The van der Waals surface area contributed by atoms with Crippen molar-refractivity contribution >= 4 is 11.7 Å². The molecule has 0 aromatic carbocycles. The van der Waals surface area contributed by atoms with Crippen molar-refractivity contribution in [3.05, 3.63) is 49.2 Å². The van der Waals surface area contributed by atoms with Gasteiger partial charge in [0.25, 0.3) is 5.91 Å². The molecule has 1 amide bonds. The van der Waals surface area contributed by atoms with Crippen molar-refractivity contribution < 1.29 is 14.2 Å². The molecule has 4 saturated carbocycles. The van der Waals surface area contributed by atoms with Crippen LogP contribution in [-0.4, -0.2) is 17.7 Å². The molecule has 232 valence electrons. The van der Waals surface area contributed by atoms with E-state index in [9.17, 15) is 9.59 Å². The first-order valence-corrected chi connectivity index (χ1v) is 16.5. The molecule has 4 heteroatoms. The molecule has 8 atom stereocenters. The number of carbonyl (C=O) groups is 2. The van der Waals surface area contributed by atoms with E-state index in [0.29, 0.717) is 34.0 Å². The molecule has 42 heavy (non-hydrogen) atoms. The molecule has 5 aliphatic carbocycles. The summed E-state index contributed by atoms with van der Waals surface area (Å²) in [5.74, 6) is 1.39. The van der Waals surface area contributed by atoms with Gasteiger partial charge in [0, 0.05) is 18.0 Å². The lowest BCUT2D eigenvalue weighted by Gasteiger charge is -2.70. The van der Waals surface area contributed by atoms with Crippen LogP contribution in [0.5, 0.6) is 0 Å². The smallest absolute Gasteiger partial charge is 0.257 e. The number of pyridine rings is 1. The number of aryl methyl sites for hydroxylation is 1. The van der Waals surface area contributed by atoms with Crippen LogP contribution in [0.4, 0.5) is 0 Å². The molecule has 0 spiro atoms. The van der Waals surface area contributed by atoms with E-state index in [0.717, 1.165) is 25.7 Å². The van der Waals surface area contributed by atoms with Crippen molar-refractivity contribution in [2.45, 2.75) is 119 Å². The second-order valence-corrected chi connectivity index (χ2v) is 17.5. The summed E-state index contributed by atoms with van der Waals surface area (Å²) in [6.45, 7) is 19.7. The minimum absolute atomic E-state index is 0. The third-order valence-corrected chi connectivity index (χ3v) is 14.3. The number of ketones is 1. The Kier molecular flexibility index (Phi) is 7.31. The Labute approximate surface area is 256 Å². The van der Waals surface area contributed by atoms with E-state index < -0.39 is 0 Å². The Balaban J connectivity index is 0.00000353. The number of hydrogen-bond donors (Lipinski definition) is 1. The summed E-state index contributed by atoms with van der Waals surface area (Å²) in [7, 11) is 1.95. The SMILES string of the molecule is C[n+]1cccc(C(=O)N[C@H]2CC[C@]3(C)[C@H]4C(=O)C=C5[C@@H]6CC(C)(C)CC[C@]6(C)CC[C@@]5(C)[C@]4(C)CC[C@H]3C2(C)C)c1.[CH3-]. The molecule has 4 fully saturated rings. The highest BCUT2D eigenvalue weighted by atomic mass is 16.1. The highest BCUT2D eigenvalue weighted by molar-refractivity contribution is 5.96. The molecule has 0 unspecified atom stereocenters. The molecule has 0 radical (unpaired) electrons. The zero-order valence-corrected chi connectivity index (χ0v) is 28.3. The van der Waals surface area contributed by atoms with E-state index in [1.165, 1.54) is 37.7 Å². The van der Waals surface area contributed by atoms with Crippen LogP contribution in [0.3, 0.4) is 0 Å². The molecule has 0 bridgehead atoms. The molecular weight excluding hydrogens is 516 g/mol. The van der Waals surface area contributed by atoms with Crippen molar-refractivity contribution in [3.63, 3.8) is 0 Å². The van der Waals surface area contributed by atoms with E-state index in [2.05, 4.69) is 66.8 Å². The minimum Gasteiger partial charge on any atom is -0.358 e. The van der Waals surface area contributed by atoms with Crippen LogP contribution in [0.15, 0.2) is 36.2 Å². The highest BCUT2D eigenvalue weighted by Gasteiger charge is 2.70. The summed E-state index contributed by atoms with van der Waals surface area (Å²) < 4.78 is 1.93. The Morgan fingerprint density at radius 1 is 0.929 bits per heavy atom. The van der Waals surface area contributed by atoms with Gasteiger partial charge in [-0.05, 0) is 114 Å². The van der Waals surface area contributed by atoms with E-state index in [1.54, 1.807) is 0 Å². The monoisotopic (exact) mass is 574 g/mol. The average molecular weight is 575 g/mol. The van der Waals surface area contributed by atoms with Gasteiger partial charge < -0.3 is 12.7 Å². The number of nitrogens with zero attached hydrogens (tertiary/aromatic N) is 1. The lowest BCUT2D eigenvalue weighted by molar-refractivity contribution is -0.671. The topological polar surface area (TPSA) is 50.0 Å². The molecule has 1 heterocycles. The molecule has 4 nitrogen and oxygen atoms in total. The zero-order chi connectivity index (χ0) is 29.8. The average Bonchev–Trinajstić information content (AvgIpc) is 2.88. The number of fused-ring (bicyclic) bond motifs is 7. The first kappa shape index (κ1) is 31.5. The molecule has 6 rings (SSSR count). The summed E-state index contributed by atoms with van der Waals surface area (Å²) >= 11 is 0. The van der Waals surface area contributed by atoms with Crippen molar-refractivity contribution in [2.24, 2.45) is 57.3 Å². The molecule has 0 saturated heterocycles. The van der Waals surface area contributed by atoms with Crippen molar-refractivity contribution in [2.75, 3.05) is 0 Å². The van der Waals surface area contributed by atoms with Gasteiger partial charge in [0.15, 0.2) is 18.2 Å². The van der Waals surface area contributed by atoms with Crippen LogP contribution < -0.4 is 9.88 Å². The number of carbonyl (C=O) groups excluding carboxylic acids is 2. The van der Waals surface area contributed by atoms with Crippen LogP contribution >= 0.6 is 0 Å². The number of nitrogens with one attached hydrogen (secondary N) is 1. The minimum atomic E-state index is -0.0926. The third kappa shape index (κ3) is 4.31. The predicted octanol–water partition coefficient (Wildman–Crippen LogP) is 8.06. The second-order valence-electron chi connectivity index (χ2n) is 17.5. The van der Waals surface area contributed by atoms with Gasteiger partial charge in [-0.15, -0.1) is 0 Å². The molecule has 1 N–H and O–H groups in total. The molecule has 0 aliphatic heterocycles. The maximum Gasteiger partial charge on any atom is 0.257 e. The summed E-state index contributed by atoms with van der Waals surface area (Å²) in [6.07, 6.45) is 16.5. The van der Waals surface area contributed by atoms with Gasteiger partial charge in [-0.25, -0.2) is 4.57 Å². The fraction of sp³-hybridized carbons (Fsp3) is 0.737. The number of amides is 1. The van der Waals surface area contributed by atoms with E-state index >= 15 is 0 Å². The summed E-state index contributed by atoms with van der Waals surface area (Å²) in [5, 5.41) is 3.44. The molecule has 1 aromatic heterocycles. The fourth-order valence-corrected chi connectivity index (χ4v) is 11.6. The van der Waals surface area contributed by atoms with Crippen molar-refractivity contribution in [1.29, 1.82) is 0 Å². The maximum absolute atomic E-state index is 14.6. The van der Waals surface area contributed by atoms with Gasteiger partial charge in [-0.2, -0.15) is 0 Å². The zero-order valence-electron chi connectivity index (χ0n) is 28.3. The van der Waals surface area contributed by atoms with Crippen molar-refractivity contribution in [3.8, 4) is 0 Å². The molecule has 5 aliphatic rings. The number of rotatable bonds is 2. The Hall–Kier alpha value is -1.97. The first-order valence-electron chi connectivity index (χ1n) is 16.5. The lowest BCUT2D eigenvalue weighted by Crippen LogP contribution is -2.67. The van der Waals surface area contributed by atoms with E-state index in [4.69, 9.17) is 0 Å². The van der Waals surface area contributed by atoms with Gasteiger partial charge in [0.1, 0.15) is 12.6 Å². The first-order chi connectivity index (χ1) is 19.0. The summed E-state index contributed by atoms with van der Waals surface area (Å²) in [6, 6.07) is 3.93. The van der Waals surface area contributed by atoms with E-state index in [-0.39, 0.29) is 47.0 Å². The van der Waals surface area contributed by atoms with Crippen LogP contribution in [0, 0.1) is 57.7 Å². The Morgan fingerprint density at radius 2 is 1.62 bits per heavy atom. The van der Waals surface area contributed by atoms with Gasteiger partial charge >= 0.3 is 0 Å². The number of aromatic nitrogens is 1. The van der Waals surface area contributed by atoms with Gasteiger partial charge in [-0.3, -0.25) is 9.59 Å². The number of hydrogen-bond acceptors (Lipinski definition) is 2. The van der Waals surface area contributed by atoms with Gasteiger partial charge in [0.05, 0.1) is 0 Å². The Bertz CT molecular complexity index is 1310. The van der Waals surface area contributed by atoms with Crippen LogP contribution in [0.2, 0.25) is 0 Å². The predicted molar refractivity (Wildman–Crippen MR) is 170 cm³/mol. The lowest BCUT2D eigenvalue weighted by atomic mass is 9.33. The van der Waals surface area contributed by atoms with E-state index in [1.807, 2.05) is 36.1 Å². The van der Waals surface area contributed by atoms with Gasteiger partial charge in [0.2, 0.25) is 0 Å². The molecule has 1 aromatic rings. The number of allylic oxidation sites excluding steroid dienone is 2. The third-order valence-electron chi connectivity index (χ3n) is 14.3. The summed E-state index contributed by atoms with van der Waals surface area (Å²) in [4.78, 5) is 27.9.